The molecule has 4 rings (SSSR count). The lowest BCUT2D eigenvalue weighted by Crippen LogP contribution is -2.57. The van der Waals surface area contributed by atoms with E-state index in [4.69, 9.17) is 4.74 Å². The number of ether oxygens (including phenoxy) is 1. The summed E-state index contributed by atoms with van der Waals surface area (Å²) in [5.74, 6) is -0.563. The lowest BCUT2D eigenvalue weighted by Gasteiger charge is -2.44. The number of hydrogen-bond donors (Lipinski definition) is 0. The highest BCUT2D eigenvalue weighted by atomic mass is 19.1. The van der Waals surface area contributed by atoms with Crippen LogP contribution >= 0.6 is 0 Å². The van der Waals surface area contributed by atoms with Crippen LogP contribution in [0.5, 0.6) is 0 Å². The third kappa shape index (κ3) is 7.20. The van der Waals surface area contributed by atoms with Gasteiger partial charge in [0.15, 0.2) is 0 Å². The Morgan fingerprint density at radius 1 is 0.743 bits per heavy atom. The summed E-state index contributed by atoms with van der Waals surface area (Å²) in [5, 5.41) is 0. The van der Waals surface area contributed by atoms with Gasteiger partial charge < -0.3 is 4.74 Å². The summed E-state index contributed by atoms with van der Waals surface area (Å²) in [7, 11) is 0. The van der Waals surface area contributed by atoms with Gasteiger partial charge in [0.05, 0.1) is 6.61 Å². The fourth-order valence-electron chi connectivity index (χ4n) is 4.97. The van der Waals surface area contributed by atoms with Crippen molar-refractivity contribution in [2.24, 2.45) is 0 Å². The largest absolute Gasteiger partial charge is 0.367 e. The second kappa shape index (κ2) is 12.4. The van der Waals surface area contributed by atoms with Crippen molar-refractivity contribution >= 4 is 0 Å². The lowest BCUT2D eigenvalue weighted by molar-refractivity contribution is 0.00662. The molecule has 0 aromatic heterocycles. The molecule has 35 heavy (non-hydrogen) atoms. The number of piperazine rings is 1. The van der Waals surface area contributed by atoms with Crippen molar-refractivity contribution in [1.29, 1.82) is 0 Å². The Morgan fingerprint density at radius 2 is 1.26 bits per heavy atom. The SMILES string of the molecule is C[C@@H]1CN(CCOC(c2ccc(F)cc2)c2ccc(F)cc2)[C@@H](C)CN1CCCc1ccccc1. The van der Waals surface area contributed by atoms with Crippen LogP contribution in [0.2, 0.25) is 0 Å². The first-order valence-electron chi connectivity index (χ1n) is 12.6. The van der Waals surface area contributed by atoms with Crippen LogP contribution in [0.1, 0.15) is 43.1 Å². The summed E-state index contributed by atoms with van der Waals surface area (Å²) in [6.07, 6.45) is 1.92. The Morgan fingerprint density at radius 3 is 1.80 bits per heavy atom. The highest BCUT2D eigenvalue weighted by molar-refractivity contribution is 5.30. The smallest absolute Gasteiger partial charge is 0.123 e. The van der Waals surface area contributed by atoms with E-state index in [1.165, 1.54) is 36.2 Å². The summed E-state index contributed by atoms with van der Waals surface area (Å²) in [6, 6.07) is 24.3. The van der Waals surface area contributed by atoms with Gasteiger partial charge in [-0.25, -0.2) is 8.78 Å². The molecule has 1 aliphatic heterocycles. The van der Waals surface area contributed by atoms with Gasteiger partial charge in [-0.3, -0.25) is 9.80 Å². The molecular weight excluding hydrogens is 442 g/mol. The van der Waals surface area contributed by atoms with E-state index in [0.29, 0.717) is 18.7 Å². The maximum absolute atomic E-state index is 13.5. The maximum atomic E-state index is 13.5. The minimum Gasteiger partial charge on any atom is -0.367 e. The zero-order valence-corrected chi connectivity index (χ0v) is 20.7. The number of rotatable bonds is 10. The molecule has 1 fully saturated rings. The minimum atomic E-state index is -0.358. The van der Waals surface area contributed by atoms with Crippen molar-refractivity contribution in [1.82, 2.24) is 9.80 Å². The molecule has 0 amide bonds. The molecule has 5 heteroatoms. The zero-order chi connectivity index (χ0) is 24.6. The normalized spacial score (nSPS) is 19.3. The van der Waals surface area contributed by atoms with Crippen molar-refractivity contribution < 1.29 is 13.5 Å². The Balaban J connectivity index is 1.30. The highest BCUT2D eigenvalue weighted by Crippen LogP contribution is 2.27. The summed E-state index contributed by atoms with van der Waals surface area (Å²) >= 11 is 0. The average molecular weight is 479 g/mol. The van der Waals surface area contributed by atoms with E-state index in [9.17, 15) is 8.78 Å². The quantitative estimate of drug-likeness (QED) is 0.350. The van der Waals surface area contributed by atoms with Crippen LogP contribution < -0.4 is 0 Å². The summed E-state index contributed by atoms with van der Waals surface area (Å²) in [4.78, 5) is 5.09. The monoisotopic (exact) mass is 478 g/mol. The van der Waals surface area contributed by atoms with Crippen LogP contribution in [0, 0.1) is 11.6 Å². The molecule has 3 nitrogen and oxygen atoms in total. The Kier molecular flexibility index (Phi) is 9.02. The molecule has 0 unspecified atom stereocenters. The van der Waals surface area contributed by atoms with Crippen LogP contribution in [0.15, 0.2) is 78.9 Å². The van der Waals surface area contributed by atoms with Gasteiger partial charge in [-0.05, 0) is 74.2 Å². The van der Waals surface area contributed by atoms with E-state index < -0.39 is 0 Å². The van der Waals surface area contributed by atoms with Crippen molar-refractivity contribution in [3.05, 3.63) is 107 Å². The summed E-state index contributed by atoms with van der Waals surface area (Å²) < 4.78 is 33.3. The summed E-state index contributed by atoms with van der Waals surface area (Å²) in [6.45, 7) is 9.13. The molecule has 0 bridgehead atoms. The van der Waals surface area contributed by atoms with Gasteiger partial charge in [-0.15, -0.1) is 0 Å². The number of halogens is 2. The lowest BCUT2D eigenvalue weighted by atomic mass is 10.0. The van der Waals surface area contributed by atoms with Crippen LogP contribution in [0.4, 0.5) is 8.78 Å². The molecule has 3 aromatic rings. The van der Waals surface area contributed by atoms with Crippen molar-refractivity contribution in [3.63, 3.8) is 0 Å². The highest BCUT2D eigenvalue weighted by Gasteiger charge is 2.28. The third-order valence-electron chi connectivity index (χ3n) is 7.01. The number of aryl methyl sites for hydroxylation is 1. The standard InChI is InChI=1S/C30H36F2N2O/c1-23-22-34(24(2)21-33(23)18-6-9-25-7-4-3-5-8-25)19-20-35-30(26-10-14-28(31)15-11-26)27-12-16-29(32)17-13-27/h3-5,7-8,10-17,23-24,30H,6,9,18-22H2,1-2H3/t23-,24+/m1/s1. The Hall–Kier alpha value is -2.60. The maximum Gasteiger partial charge on any atom is 0.123 e. The number of benzene rings is 3. The minimum absolute atomic E-state index is 0.281. The first kappa shape index (κ1) is 25.5. The van der Waals surface area contributed by atoms with E-state index in [2.05, 4.69) is 54.0 Å². The van der Waals surface area contributed by atoms with E-state index in [1.807, 2.05) is 0 Å². The van der Waals surface area contributed by atoms with E-state index >= 15 is 0 Å². The molecule has 0 spiro atoms. The van der Waals surface area contributed by atoms with Crippen molar-refractivity contribution in [2.75, 3.05) is 32.8 Å². The van der Waals surface area contributed by atoms with Crippen molar-refractivity contribution in [3.8, 4) is 0 Å². The molecule has 0 N–H and O–H groups in total. The van der Waals surface area contributed by atoms with Gasteiger partial charge in [0.25, 0.3) is 0 Å². The predicted octanol–water partition coefficient (Wildman–Crippen LogP) is 6.10. The van der Waals surface area contributed by atoms with Crippen LogP contribution in [0.25, 0.3) is 0 Å². The second-order valence-electron chi connectivity index (χ2n) is 9.63. The predicted molar refractivity (Wildman–Crippen MR) is 137 cm³/mol. The Bertz CT molecular complexity index is 981. The van der Waals surface area contributed by atoms with E-state index in [-0.39, 0.29) is 17.7 Å². The summed E-state index contributed by atoms with van der Waals surface area (Å²) in [5.41, 5.74) is 3.13. The van der Waals surface area contributed by atoms with Gasteiger partial charge in [0.1, 0.15) is 17.7 Å². The topological polar surface area (TPSA) is 15.7 Å². The molecule has 0 radical (unpaired) electrons. The third-order valence-corrected chi connectivity index (χ3v) is 7.01. The molecule has 0 saturated carbocycles. The molecule has 0 aliphatic carbocycles. The second-order valence-corrected chi connectivity index (χ2v) is 9.63. The van der Waals surface area contributed by atoms with Gasteiger partial charge >= 0.3 is 0 Å². The van der Waals surface area contributed by atoms with Gasteiger partial charge in [-0.2, -0.15) is 0 Å². The van der Waals surface area contributed by atoms with Gasteiger partial charge in [0.2, 0.25) is 0 Å². The fourth-order valence-corrected chi connectivity index (χ4v) is 4.97. The van der Waals surface area contributed by atoms with Gasteiger partial charge in [0, 0.05) is 31.7 Å². The van der Waals surface area contributed by atoms with E-state index in [0.717, 1.165) is 43.7 Å². The zero-order valence-electron chi connectivity index (χ0n) is 20.7. The van der Waals surface area contributed by atoms with Crippen LogP contribution in [0.3, 0.4) is 0 Å². The molecular formula is C30H36F2N2O. The number of hydrogen-bond acceptors (Lipinski definition) is 3. The molecule has 1 saturated heterocycles. The first-order chi connectivity index (χ1) is 17.0. The van der Waals surface area contributed by atoms with E-state index in [1.54, 1.807) is 24.3 Å². The number of nitrogens with zero attached hydrogens (tertiary/aromatic N) is 2. The average Bonchev–Trinajstić information content (AvgIpc) is 2.86. The Labute approximate surface area is 208 Å². The van der Waals surface area contributed by atoms with Gasteiger partial charge in [-0.1, -0.05) is 54.6 Å². The molecule has 186 valence electrons. The molecule has 2 atom stereocenters. The van der Waals surface area contributed by atoms with Crippen LogP contribution in [-0.2, 0) is 11.2 Å². The molecule has 3 aromatic carbocycles. The van der Waals surface area contributed by atoms with Crippen LogP contribution in [-0.4, -0.2) is 54.7 Å². The fraction of sp³-hybridized carbons (Fsp3) is 0.400. The van der Waals surface area contributed by atoms with Crippen molar-refractivity contribution in [2.45, 2.75) is 44.9 Å². The first-order valence-corrected chi connectivity index (χ1v) is 12.6. The molecule has 1 aliphatic rings. The molecule has 1 heterocycles.